The van der Waals surface area contributed by atoms with Crippen LogP contribution in [-0.4, -0.2) is 35.4 Å². The van der Waals surface area contributed by atoms with Crippen molar-refractivity contribution in [1.29, 1.82) is 0 Å². The van der Waals surface area contributed by atoms with E-state index in [4.69, 9.17) is 4.74 Å². The number of hydrogen-bond donors (Lipinski definition) is 1. The molecule has 7 heteroatoms. The lowest BCUT2D eigenvalue weighted by Gasteiger charge is -2.29. The number of benzene rings is 2. The Kier molecular flexibility index (Phi) is 8.12. The van der Waals surface area contributed by atoms with E-state index < -0.39 is 23.6 Å². The Hall–Kier alpha value is -2.96. The second kappa shape index (κ2) is 10.5. The first-order chi connectivity index (χ1) is 13.8. The second-order valence-corrected chi connectivity index (χ2v) is 6.85. The highest BCUT2D eigenvalue weighted by molar-refractivity contribution is 5.88. The van der Waals surface area contributed by atoms with Crippen molar-refractivity contribution in [3.63, 3.8) is 0 Å². The van der Waals surface area contributed by atoms with Crippen LogP contribution in [0.5, 0.6) is 5.75 Å². The molecule has 0 bridgehead atoms. The lowest BCUT2D eigenvalue weighted by Crippen LogP contribution is -2.50. The Balaban J connectivity index is 2.15. The van der Waals surface area contributed by atoms with Crippen LogP contribution in [0.4, 0.5) is 8.78 Å². The Morgan fingerprint density at radius 1 is 1.07 bits per heavy atom. The molecule has 2 rings (SSSR count). The van der Waals surface area contributed by atoms with Crippen molar-refractivity contribution in [1.82, 2.24) is 10.2 Å². The van der Waals surface area contributed by atoms with Crippen molar-refractivity contribution in [2.24, 2.45) is 0 Å². The van der Waals surface area contributed by atoms with Gasteiger partial charge >= 0.3 is 0 Å². The van der Waals surface area contributed by atoms with Crippen LogP contribution in [0, 0.1) is 11.6 Å². The molecule has 2 atom stereocenters. The molecular formula is C22H26F2N2O3. The molecule has 5 nitrogen and oxygen atoms in total. The first kappa shape index (κ1) is 22.3. The summed E-state index contributed by atoms with van der Waals surface area (Å²) in [5.74, 6) is -1.36. The molecule has 0 saturated carbocycles. The summed E-state index contributed by atoms with van der Waals surface area (Å²) in [6.45, 7) is 4.96. The minimum absolute atomic E-state index is 0.0502. The van der Waals surface area contributed by atoms with Gasteiger partial charge in [-0.1, -0.05) is 25.1 Å². The van der Waals surface area contributed by atoms with E-state index in [9.17, 15) is 18.4 Å². The van der Waals surface area contributed by atoms with Gasteiger partial charge in [-0.15, -0.1) is 0 Å². The summed E-state index contributed by atoms with van der Waals surface area (Å²) in [4.78, 5) is 26.7. The van der Waals surface area contributed by atoms with Crippen LogP contribution in [-0.2, 0) is 16.1 Å². The summed E-state index contributed by atoms with van der Waals surface area (Å²) >= 11 is 0. The van der Waals surface area contributed by atoms with Gasteiger partial charge in [-0.3, -0.25) is 9.59 Å². The van der Waals surface area contributed by atoms with Gasteiger partial charge in [0.15, 0.2) is 6.61 Å². The highest BCUT2D eigenvalue weighted by Crippen LogP contribution is 2.15. The van der Waals surface area contributed by atoms with Crippen molar-refractivity contribution < 1.29 is 23.1 Å². The van der Waals surface area contributed by atoms with Gasteiger partial charge in [-0.25, -0.2) is 8.78 Å². The van der Waals surface area contributed by atoms with E-state index >= 15 is 0 Å². The largest absolute Gasteiger partial charge is 0.484 e. The SMILES string of the molecule is CC[C@H](C)NC(=O)[C@H](C)N(Cc1ccccc1F)C(=O)COc1ccc(F)cc1. The summed E-state index contributed by atoms with van der Waals surface area (Å²) in [5, 5.41) is 2.84. The highest BCUT2D eigenvalue weighted by atomic mass is 19.1. The molecule has 29 heavy (non-hydrogen) atoms. The predicted molar refractivity (Wildman–Crippen MR) is 106 cm³/mol. The molecule has 2 aromatic carbocycles. The number of rotatable bonds is 9. The normalized spacial score (nSPS) is 12.7. The summed E-state index contributed by atoms with van der Waals surface area (Å²) < 4.78 is 32.6. The number of halogens is 2. The molecular weight excluding hydrogens is 378 g/mol. The summed E-state index contributed by atoms with van der Waals surface area (Å²) in [6.07, 6.45) is 0.743. The van der Waals surface area contributed by atoms with Crippen LogP contribution in [0.1, 0.15) is 32.8 Å². The summed E-state index contributed by atoms with van der Waals surface area (Å²) in [7, 11) is 0. The molecule has 0 saturated heterocycles. The second-order valence-electron chi connectivity index (χ2n) is 6.85. The standard InChI is InChI=1S/C22H26F2N2O3/c1-4-15(2)25-22(28)16(3)26(13-17-7-5-6-8-20(17)24)21(27)14-29-19-11-9-18(23)10-12-19/h5-12,15-16H,4,13-14H2,1-3H3,(H,25,28)/t15-,16-/m0/s1. The van der Waals surface area contributed by atoms with Crippen LogP contribution < -0.4 is 10.1 Å². The van der Waals surface area contributed by atoms with E-state index in [2.05, 4.69) is 5.32 Å². The number of amides is 2. The third-order valence-electron chi connectivity index (χ3n) is 4.64. The Morgan fingerprint density at radius 2 is 1.72 bits per heavy atom. The Bertz CT molecular complexity index is 827. The molecule has 1 N–H and O–H groups in total. The van der Waals surface area contributed by atoms with Crippen molar-refractivity contribution in [2.75, 3.05) is 6.61 Å². The van der Waals surface area contributed by atoms with E-state index in [0.717, 1.165) is 6.42 Å². The van der Waals surface area contributed by atoms with Gasteiger partial charge in [0.1, 0.15) is 23.4 Å². The Morgan fingerprint density at radius 3 is 2.34 bits per heavy atom. The maximum absolute atomic E-state index is 14.1. The van der Waals surface area contributed by atoms with Gasteiger partial charge in [-0.05, 0) is 50.6 Å². The maximum atomic E-state index is 14.1. The molecule has 156 valence electrons. The van der Waals surface area contributed by atoms with Crippen LogP contribution in [0.3, 0.4) is 0 Å². The Labute approximate surface area is 169 Å². The van der Waals surface area contributed by atoms with Gasteiger partial charge in [0.2, 0.25) is 5.91 Å². The molecule has 0 spiro atoms. The number of ether oxygens (including phenoxy) is 1. The fourth-order valence-corrected chi connectivity index (χ4v) is 2.62. The number of nitrogens with one attached hydrogen (secondary N) is 1. The fraction of sp³-hybridized carbons (Fsp3) is 0.364. The maximum Gasteiger partial charge on any atom is 0.261 e. The van der Waals surface area contributed by atoms with E-state index in [1.54, 1.807) is 25.1 Å². The van der Waals surface area contributed by atoms with Crippen LogP contribution in [0.15, 0.2) is 48.5 Å². The van der Waals surface area contributed by atoms with Crippen molar-refractivity contribution in [2.45, 2.75) is 45.8 Å². The quantitative estimate of drug-likeness (QED) is 0.694. The van der Waals surface area contributed by atoms with E-state index in [-0.39, 0.29) is 25.1 Å². The first-order valence-corrected chi connectivity index (χ1v) is 9.53. The molecule has 2 aromatic rings. The molecule has 0 aliphatic heterocycles. The van der Waals surface area contributed by atoms with E-state index in [1.165, 1.54) is 35.2 Å². The van der Waals surface area contributed by atoms with Crippen LogP contribution in [0.2, 0.25) is 0 Å². The average molecular weight is 404 g/mol. The number of hydrogen-bond acceptors (Lipinski definition) is 3. The lowest BCUT2D eigenvalue weighted by molar-refractivity contribution is -0.142. The van der Waals surface area contributed by atoms with Crippen LogP contribution in [0.25, 0.3) is 0 Å². The van der Waals surface area contributed by atoms with E-state index in [1.807, 2.05) is 13.8 Å². The number of carbonyl (C=O) groups excluding carboxylic acids is 2. The zero-order valence-electron chi connectivity index (χ0n) is 16.8. The van der Waals surface area contributed by atoms with Crippen LogP contribution >= 0.6 is 0 Å². The molecule has 0 fully saturated rings. The third-order valence-corrected chi connectivity index (χ3v) is 4.64. The number of carbonyl (C=O) groups is 2. The molecule has 0 aromatic heterocycles. The molecule has 0 aliphatic carbocycles. The predicted octanol–water partition coefficient (Wildman–Crippen LogP) is 3.68. The smallest absolute Gasteiger partial charge is 0.261 e. The van der Waals surface area contributed by atoms with Gasteiger partial charge in [0.05, 0.1) is 0 Å². The van der Waals surface area contributed by atoms with Gasteiger partial charge in [-0.2, -0.15) is 0 Å². The minimum atomic E-state index is -0.826. The molecule has 0 heterocycles. The average Bonchev–Trinajstić information content (AvgIpc) is 2.71. The lowest BCUT2D eigenvalue weighted by atomic mass is 10.1. The molecule has 0 unspecified atom stereocenters. The molecule has 0 radical (unpaired) electrons. The topological polar surface area (TPSA) is 58.6 Å². The van der Waals surface area contributed by atoms with Gasteiger partial charge < -0.3 is 15.0 Å². The van der Waals surface area contributed by atoms with Crippen molar-refractivity contribution in [3.8, 4) is 5.75 Å². The van der Waals surface area contributed by atoms with Crippen molar-refractivity contribution in [3.05, 3.63) is 65.7 Å². The molecule has 2 amide bonds. The molecule has 0 aliphatic rings. The monoisotopic (exact) mass is 404 g/mol. The minimum Gasteiger partial charge on any atom is -0.484 e. The first-order valence-electron chi connectivity index (χ1n) is 9.53. The third kappa shape index (κ3) is 6.55. The van der Waals surface area contributed by atoms with Gasteiger partial charge in [0.25, 0.3) is 5.91 Å². The summed E-state index contributed by atoms with van der Waals surface area (Å²) in [5.41, 5.74) is 0.297. The zero-order valence-corrected chi connectivity index (χ0v) is 16.8. The number of nitrogens with zero attached hydrogens (tertiary/aromatic N) is 1. The van der Waals surface area contributed by atoms with Gasteiger partial charge in [0, 0.05) is 18.2 Å². The zero-order chi connectivity index (χ0) is 21.4. The van der Waals surface area contributed by atoms with Crippen molar-refractivity contribution >= 4 is 11.8 Å². The fourth-order valence-electron chi connectivity index (χ4n) is 2.62. The summed E-state index contributed by atoms with van der Waals surface area (Å²) in [6, 6.07) is 10.5. The highest BCUT2D eigenvalue weighted by Gasteiger charge is 2.27. The van der Waals surface area contributed by atoms with E-state index in [0.29, 0.717) is 11.3 Å².